The van der Waals surface area contributed by atoms with E-state index in [0.29, 0.717) is 19.6 Å². The summed E-state index contributed by atoms with van der Waals surface area (Å²) >= 11 is 0. The zero-order valence-corrected chi connectivity index (χ0v) is 14.7. The van der Waals surface area contributed by atoms with Crippen LogP contribution in [-0.4, -0.2) is 41.0 Å². The van der Waals surface area contributed by atoms with Crippen LogP contribution in [0.5, 0.6) is 0 Å². The van der Waals surface area contributed by atoms with Gasteiger partial charge < -0.3 is 10.4 Å². The van der Waals surface area contributed by atoms with E-state index in [0.717, 1.165) is 24.8 Å². The molecule has 3 atom stereocenters. The summed E-state index contributed by atoms with van der Waals surface area (Å²) in [6.07, 6.45) is 2.68. The van der Waals surface area contributed by atoms with Gasteiger partial charge in [0.25, 0.3) is 0 Å². The first-order chi connectivity index (χ1) is 11.0. The van der Waals surface area contributed by atoms with Gasteiger partial charge >= 0.3 is 5.97 Å². The monoisotopic (exact) mass is 352 g/mol. The maximum atomic E-state index is 12.4. The zero-order valence-electron chi connectivity index (χ0n) is 13.9. The Kier molecular flexibility index (Phi) is 5.88. The second kappa shape index (κ2) is 7.53. The lowest BCUT2D eigenvalue weighted by Gasteiger charge is -2.26. The fourth-order valence-corrected chi connectivity index (χ4v) is 4.07. The van der Waals surface area contributed by atoms with E-state index in [-0.39, 0.29) is 30.3 Å². The molecule has 1 aromatic carbocycles. The van der Waals surface area contributed by atoms with Gasteiger partial charge in [-0.2, -0.15) is 0 Å². The fraction of sp³-hybridized carbons (Fsp3) is 0.556. The standard InChI is InChI=1S/C18H24N2O3.ClH/c1-13(16(21)19-10-14-6-3-2-4-7-14)20-11-15-8-5-9-18(15,12-20)17(22)23;/h2-4,6-7,13,15H,5,8-12H2,1H3,(H,19,21)(H,22,23);1H/t13?,15-,18+;/m0./s1. The van der Waals surface area contributed by atoms with Crippen LogP contribution < -0.4 is 5.32 Å². The molecular weight excluding hydrogens is 328 g/mol. The number of halogens is 1. The number of carbonyl (C=O) groups excluding carboxylic acids is 1. The van der Waals surface area contributed by atoms with Crippen molar-refractivity contribution in [3.8, 4) is 0 Å². The summed E-state index contributed by atoms with van der Waals surface area (Å²) in [5.74, 6) is -0.543. The highest BCUT2D eigenvalue weighted by Gasteiger charge is 2.55. The topological polar surface area (TPSA) is 69.6 Å². The lowest BCUT2D eigenvalue weighted by Crippen LogP contribution is -2.45. The van der Waals surface area contributed by atoms with E-state index in [1.54, 1.807) is 0 Å². The first-order valence-corrected chi connectivity index (χ1v) is 8.32. The van der Waals surface area contributed by atoms with Gasteiger partial charge in [-0.3, -0.25) is 14.5 Å². The molecule has 2 N–H and O–H groups in total. The molecule has 1 aliphatic heterocycles. The maximum Gasteiger partial charge on any atom is 0.311 e. The summed E-state index contributed by atoms with van der Waals surface area (Å²) < 4.78 is 0. The molecule has 1 aliphatic carbocycles. The molecule has 0 radical (unpaired) electrons. The highest BCUT2D eigenvalue weighted by Crippen LogP contribution is 2.49. The van der Waals surface area contributed by atoms with Gasteiger partial charge in [0.1, 0.15) is 0 Å². The van der Waals surface area contributed by atoms with Crippen molar-refractivity contribution in [2.75, 3.05) is 13.1 Å². The summed E-state index contributed by atoms with van der Waals surface area (Å²) in [4.78, 5) is 26.2. The van der Waals surface area contributed by atoms with Crippen LogP contribution in [0.25, 0.3) is 0 Å². The number of rotatable bonds is 5. The van der Waals surface area contributed by atoms with Gasteiger partial charge in [0, 0.05) is 19.6 Å². The molecule has 0 spiro atoms. The normalized spacial score (nSPS) is 27.1. The molecule has 1 saturated carbocycles. The van der Waals surface area contributed by atoms with Crippen LogP contribution in [0.1, 0.15) is 31.7 Å². The SMILES string of the molecule is CC(C(=O)NCc1ccccc1)N1C[C@@H]2CCC[C@@]2(C(=O)O)C1.Cl. The molecular formula is C18H25ClN2O3. The minimum Gasteiger partial charge on any atom is -0.481 e. The third kappa shape index (κ3) is 3.42. The summed E-state index contributed by atoms with van der Waals surface area (Å²) in [5, 5.41) is 12.6. The molecule has 132 valence electrons. The summed E-state index contributed by atoms with van der Waals surface area (Å²) in [5.41, 5.74) is 0.432. The van der Waals surface area contributed by atoms with Gasteiger partial charge in [0.2, 0.25) is 5.91 Å². The predicted octanol–water partition coefficient (Wildman–Crippen LogP) is 2.30. The average Bonchev–Trinajstić information content (AvgIpc) is 3.11. The quantitative estimate of drug-likeness (QED) is 0.853. The van der Waals surface area contributed by atoms with E-state index in [2.05, 4.69) is 5.32 Å². The highest BCUT2D eigenvalue weighted by atomic mass is 35.5. The number of hydrogen-bond acceptors (Lipinski definition) is 3. The summed E-state index contributed by atoms with van der Waals surface area (Å²) in [6, 6.07) is 9.50. The van der Waals surface area contributed by atoms with Crippen LogP contribution in [0.15, 0.2) is 30.3 Å². The number of aliphatic carboxylic acids is 1. The van der Waals surface area contributed by atoms with Crippen molar-refractivity contribution in [2.45, 2.75) is 38.8 Å². The van der Waals surface area contributed by atoms with Gasteiger partial charge in [0.05, 0.1) is 11.5 Å². The first kappa shape index (κ1) is 18.7. The third-order valence-corrected chi connectivity index (χ3v) is 5.56. The minimum atomic E-state index is -0.695. The van der Waals surface area contributed by atoms with Gasteiger partial charge in [-0.1, -0.05) is 36.8 Å². The second-order valence-electron chi connectivity index (χ2n) is 6.86. The van der Waals surface area contributed by atoms with Crippen LogP contribution >= 0.6 is 12.4 Å². The van der Waals surface area contributed by atoms with E-state index >= 15 is 0 Å². The first-order valence-electron chi connectivity index (χ1n) is 8.32. The molecule has 1 aromatic rings. The number of likely N-dealkylation sites (tertiary alicyclic amines) is 1. The van der Waals surface area contributed by atoms with E-state index < -0.39 is 11.4 Å². The molecule has 6 heteroatoms. The zero-order chi connectivity index (χ0) is 16.4. The number of carboxylic acids is 1. The number of nitrogens with zero attached hydrogens (tertiary/aromatic N) is 1. The van der Waals surface area contributed by atoms with Crippen molar-refractivity contribution >= 4 is 24.3 Å². The Morgan fingerprint density at radius 3 is 2.71 bits per heavy atom. The van der Waals surface area contributed by atoms with Crippen LogP contribution in [0, 0.1) is 11.3 Å². The number of carboxylic acid groups (broad SMARTS) is 1. The molecule has 0 bridgehead atoms. The Balaban J connectivity index is 0.00000208. The van der Waals surface area contributed by atoms with Crippen molar-refractivity contribution in [2.24, 2.45) is 11.3 Å². The molecule has 3 rings (SSSR count). The van der Waals surface area contributed by atoms with E-state index in [1.165, 1.54) is 0 Å². The predicted molar refractivity (Wildman–Crippen MR) is 94.0 cm³/mol. The number of fused-ring (bicyclic) bond motifs is 1. The average molecular weight is 353 g/mol. The molecule has 24 heavy (non-hydrogen) atoms. The lowest BCUT2D eigenvalue weighted by atomic mass is 9.81. The van der Waals surface area contributed by atoms with Gasteiger partial charge in [-0.15, -0.1) is 12.4 Å². The minimum absolute atomic E-state index is 0. The van der Waals surface area contributed by atoms with Crippen molar-refractivity contribution in [3.05, 3.63) is 35.9 Å². The van der Waals surface area contributed by atoms with Crippen LogP contribution in [0.4, 0.5) is 0 Å². The smallest absolute Gasteiger partial charge is 0.311 e. The second-order valence-corrected chi connectivity index (χ2v) is 6.86. The molecule has 1 heterocycles. The van der Waals surface area contributed by atoms with Gasteiger partial charge in [-0.25, -0.2) is 0 Å². The van der Waals surface area contributed by atoms with Gasteiger partial charge in [0.15, 0.2) is 0 Å². The van der Waals surface area contributed by atoms with Gasteiger partial charge in [-0.05, 0) is 31.2 Å². The highest BCUT2D eigenvalue weighted by molar-refractivity contribution is 5.85. The van der Waals surface area contributed by atoms with Crippen molar-refractivity contribution < 1.29 is 14.7 Å². The number of nitrogens with one attached hydrogen (secondary N) is 1. The number of carbonyl (C=O) groups is 2. The Bertz CT molecular complexity index is 595. The maximum absolute atomic E-state index is 12.4. The Labute approximate surface area is 148 Å². The van der Waals surface area contributed by atoms with E-state index in [9.17, 15) is 14.7 Å². The number of hydrogen-bond donors (Lipinski definition) is 2. The summed E-state index contributed by atoms with van der Waals surface area (Å²) in [7, 11) is 0. The molecule has 1 unspecified atom stereocenters. The number of benzene rings is 1. The van der Waals surface area contributed by atoms with E-state index in [4.69, 9.17) is 0 Å². The fourth-order valence-electron chi connectivity index (χ4n) is 4.07. The molecule has 0 aromatic heterocycles. The largest absolute Gasteiger partial charge is 0.481 e. The molecule has 1 saturated heterocycles. The lowest BCUT2D eigenvalue weighted by molar-refractivity contribution is -0.149. The Hall–Kier alpha value is -1.59. The van der Waals surface area contributed by atoms with Crippen molar-refractivity contribution in [1.82, 2.24) is 10.2 Å². The molecule has 2 fully saturated rings. The molecule has 5 nitrogen and oxygen atoms in total. The van der Waals surface area contributed by atoms with E-state index in [1.807, 2.05) is 42.2 Å². The van der Waals surface area contributed by atoms with Crippen LogP contribution in [-0.2, 0) is 16.1 Å². The molecule has 1 amide bonds. The third-order valence-electron chi connectivity index (χ3n) is 5.56. The summed E-state index contributed by atoms with van der Waals surface area (Å²) in [6.45, 7) is 3.58. The number of amides is 1. The van der Waals surface area contributed by atoms with Crippen molar-refractivity contribution in [3.63, 3.8) is 0 Å². The van der Waals surface area contributed by atoms with Crippen molar-refractivity contribution in [1.29, 1.82) is 0 Å². The van der Waals surface area contributed by atoms with Crippen LogP contribution in [0.2, 0.25) is 0 Å². The van der Waals surface area contributed by atoms with Crippen LogP contribution in [0.3, 0.4) is 0 Å². The Morgan fingerprint density at radius 2 is 2.08 bits per heavy atom. The Morgan fingerprint density at radius 1 is 1.38 bits per heavy atom. The molecule has 2 aliphatic rings.